The van der Waals surface area contributed by atoms with Gasteiger partial charge >= 0.3 is 0 Å². The second kappa shape index (κ2) is 7.73. The van der Waals surface area contributed by atoms with E-state index in [9.17, 15) is 9.90 Å². The van der Waals surface area contributed by atoms with Gasteiger partial charge in [0.15, 0.2) is 11.5 Å². The van der Waals surface area contributed by atoms with Gasteiger partial charge in [0.1, 0.15) is 5.82 Å². The van der Waals surface area contributed by atoms with E-state index in [2.05, 4.69) is 15.2 Å². The third kappa shape index (κ3) is 3.99. The van der Waals surface area contributed by atoms with Crippen molar-refractivity contribution in [1.82, 2.24) is 15.2 Å². The van der Waals surface area contributed by atoms with Gasteiger partial charge in [-0.05, 0) is 42.5 Å². The minimum Gasteiger partial charge on any atom is -0.544 e. The molecule has 0 spiro atoms. The van der Waals surface area contributed by atoms with E-state index >= 15 is 0 Å². The molecule has 0 aliphatic rings. The van der Waals surface area contributed by atoms with E-state index in [-0.39, 0.29) is 10.1 Å². The molecule has 1 N–H and O–H groups in total. The molecule has 2 rings (SSSR count). The quantitative estimate of drug-likeness (QED) is 0.582. The molecular formula is C15H16N3O5S-. The van der Waals surface area contributed by atoms with Crippen LogP contribution in [-0.4, -0.2) is 42.5 Å². The second-order valence-corrected chi connectivity index (χ2v) is 5.57. The molecule has 0 aliphatic heterocycles. The Bertz CT molecular complexity index is 747. The fourth-order valence-electron chi connectivity index (χ4n) is 1.93. The zero-order valence-corrected chi connectivity index (χ0v) is 14.4. The lowest BCUT2D eigenvalue weighted by molar-refractivity contribution is -0.297. The van der Waals surface area contributed by atoms with E-state index in [0.717, 1.165) is 11.8 Å². The summed E-state index contributed by atoms with van der Waals surface area (Å²) in [6.07, 6.45) is 1.43. The van der Waals surface area contributed by atoms with Crippen molar-refractivity contribution >= 4 is 23.8 Å². The Hall–Kier alpha value is -2.68. The zero-order valence-electron chi connectivity index (χ0n) is 13.6. The summed E-state index contributed by atoms with van der Waals surface area (Å²) in [4.78, 5) is 15.4. The molecule has 0 saturated heterocycles. The van der Waals surface area contributed by atoms with Crippen LogP contribution in [0.25, 0.3) is 6.08 Å². The van der Waals surface area contributed by atoms with E-state index in [1.165, 1.54) is 27.4 Å². The van der Waals surface area contributed by atoms with Crippen LogP contribution in [0.4, 0.5) is 0 Å². The van der Waals surface area contributed by atoms with Crippen LogP contribution in [-0.2, 0) is 4.79 Å². The van der Waals surface area contributed by atoms with Gasteiger partial charge in [-0.3, -0.25) is 5.10 Å². The standard InChI is InChI=1S/C15H17N3O5S/c1-8-16-15(18-17-8)24-12(14(19)20)7-9-5-10(21-2)13(23-4)11(6-9)22-3/h5-7H,1-4H3,(H,19,20)(H,16,17,18)/p-1/b12-7+. The number of hydrogen-bond donors (Lipinski definition) is 1. The van der Waals surface area contributed by atoms with Crippen LogP contribution in [0.15, 0.2) is 22.2 Å². The number of nitrogens with one attached hydrogen (secondary N) is 1. The van der Waals surface area contributed by atoms with E-state index in [1.807, 2.05) is 0 Å². The van der Waals surface area contributed by atoms with Gasteiger partial charge in [-0.25, -0.2) is 4.98 Å². The molecule has 9 heteroatoms. The molecule has 0 aliphatic carbocycles. The number of benzene rings is 1. The number of aromatic nitrogens is 3. The minimum atomic E-state index is -1.34. The summed E-state index contributed by atoms with van der Waals surface area (Å²) < 4.78 is 15.7. The molecule has 0 atom stereocenters. The number of methoxy groups -OCH3 is 3. The van der Waals surface area contributed by atoms with Crippen molar-refractivity contribution in [3.63, 3.8) is 0 Å². The van der Waals surface area contributed by atoms with Crippen LogP contribution >= 0.6 is 11.8 Å². The van der Waals surface area contributed by atoms with Gasteiger partial charge in [-0.2, -0.15) is 0 Å². The summed E-state index contributed by atoms with van der Waals surface area (Å²) in [6.45, 7) is 1.72. The van der Waals surface area contributed by atoms with Gasteiger partial charge < -0.3 is 24.1 Å². The molecule has 0 fully saturated rings. The first kappa shape index (κ1) is 17.7. The number of carboxylic acids is 1. The van der Waals surface area contributed by atoms with Gasteiger partial charge in [0.05, 0.1) is 27.3 Å². The predicted molar refractivity (Wildman–Crippen MR) is 86.1 cm³/mol. The molecule has 128 valence electrons. The van der Waals surface area contributed by atoms with E-state index < -0.39 is 5.97 Å². The fourth-order valence-corrected chi connectivity index (χ4v) is 2.68. The van der Waals surface area contributed by atoms with Gasteiger partial charge in [0, 0.05) is 4.91 Å². The SMILES string of the molecule is COc1cc(/C=C(/Sc2n[nH]c(C)n2)C(=O)[O-])cc(OC)c1OC. The number of rotatable bonds is 7. The van der Waals surface area contributed by atoms with E-state index in [4.69, 9.17) is 14.2 Å². The number of aryl methyl sites for hydroxylation is 1. The molecule has 0 saturated carbocycles. The van der Waals surface area contributed by atoms with Crippen molar-refractivity contribution in [3.8, 4) is 17.2 Å². The summed E-state index contributed by atoms with van der Waals surface area (Å²) in [7, 11) is 4.45. The number of carboxylic acid groups (broad SMARTS) is 1. The highest BCUT2D eigenvalue weighted by Crippen LogP contribution is 2.39. The van der Waals surface area contributed by atoms with Crippen molar-refractivity contribution in [1.29, 1.82) is 0 Å². The predicted octanol–water partition coefficient (Wildman–Crippen LogP) is 1.02. The van der Waals surface area contributed by atoms with Crippen LogP contribution in [0.1, 0.15) is 11.4 Å². The lowest BCUT2D eigenvalue weighted by atomic mass is 10.1. The number of thioether (sulfide) groups is 1. The molecule has 0 bridgehead atoms. The number of nitrogens with zero attached hydrogens (tertiary/aromatic N) is 2. The fraction of sp³-hybridized carbons (Fsp3) is 0.267. The largest absolute Gasteiger partial charge is 0.544 e. The minimum absolute atomic E-state index is 0.0525. The third-order valence-electron chi connectivity index (χ3n) is 2.96. The second-order valence-electron chi connectivity index (χ2n) is 4.56. The average molecular weight is 350 g/mol. The summed E-state index contributed by atoms with van der Waals surface area (Å²) >= 11 is 0.882. The van der Waals surface area contributed by atoms with Crippen LogP contribution < -0.4 is 19.3 Å². The molecule has 1 aromatic heterocycles. The highest BCUT2D eigenvalue weighted by Gasteiger charge is 2.14. The van der Waals surface area contributed by atoms with Crippen LogP contribution in [0.3, 0.4) is 0 Å². The van der Waals surface area contributed by atoms with E-state index in [0.29, 0.717) is 28.6 Å². The van der Waals surface area contributed by atoms with Crippen molar-refractivity contribution in [2.24, 2.45) is 0 Å². The molecule has 8 nitrogen and oxygen atoms in total. The number of aliphatic carboxylic acids is 1. The first-order valence-electron chi connectivity index (χ1n) is 6.78. The highest BCUT2D eigenvalue weighted by atomic mass is 32.2. The van der Waals surface area contributed by atoms with Crippen molar-refractivity contribution in [3.05, 3.63) is 28.4 Å². The Morgan fingerprint density at radius 2 is 1.83 bits per heavy atom. The average Bonchev–Trinajstić information content (AvgIpc) is 2.98. The Morgan fingerprint density at radius 3 is 2.25 bits per heavy atom. The molecule has 1 heterocycles. The maximum Gasteiger partial charge on any atom is 0.213 e. The smallest absolute Gasteiger partial charge is 0.213 e. The lowest BCUT2D eigenvalue weighted by Gasteiger charge is -2.13. The van der Waals surface area contributed by atoms with E-state index in [1.54, 1.807) is 19.1 Å². The van der Waals surface area contributed by atoms with Gasteiger partial charge in [-0.15, -0.1) is 5.10 Å². The van der Waals surface area contributed by atoms with Gasteiger partial charge in [0.25, 0.3) is 0 Å². The monoisotopic (exact) mass is 350 g/mol. The molecule has 0 radical (unpaired) electrons. The first-order chi connectivity index (χ1) is 11.5. The number of ether oxygens (including phenoxy) is 3. The molecule has 0 unspecified atom stereocenters. The molecular weight excluding hydrogens is 334 g/mol. The van der Waals surface area contributed by atoms with Gasteiger partial charge in [0.2, 0.25) is 10.9 Å². The first-order valence-corrected chi connectivity index (χ1v) is 7.60. The molecule has 2 aromatic rings. The van der Waals surface area contributed by atoms with Gasteiger partial charge in [-0.1, -0.05) is 0 Å². The maximum absolute atomic E-state index is 11.4. The summed E-state index contributed by atoms with van der Waals surface area (Å²) in [5.74, 6) is 0.502. The Morgan fingerprint density at radius 1 is 1.21 bits per heavy atom. The topological polar surface area (TPSA) is 109 Å². The summed E-state index contributed by atoms with van der Waals surface area (Å²) in [6, 6.07) is 3.27. The number of aromatic amines is 1. The molecule has 1 aromatic carbocycles. The number of H-pyrrole nitrogens is 1. The Balaban J connectivity index is 2.43. The highest BCUT2D eigenvalue weighted by molar-refractivity contribution is 8.04. The van der Waals surface area contributed by atoms with Crippen LogP contribution in [0.5, 0.6) is 17.2 Å². The van der Waals surface area contributed by atoms with Crippen molar-refractivity contribution in [2.45, 2.75) is 12.1 Å². The van der Waals surface area contributed by atoms with Crippen LogP contribution in [0.2, 0.25) is 0 Å². The summed E-state index contributed by atoms with van der Waals surface area (Å²) in [5.41, 5.74) is 0.545. The van der Waals surface area contributed by atoms with Crippen LogP contribution in [0, 0.1) is 6.92 Å². The third-order valence-corrected chi connectivity index (χ3v) is 3.83. The number of hydrogen-bond acceptors (Lipinski definition) is 8. The molecule has 24 heavy (non-hydrogen) atoms. The number of carbonyl (C=O) groups excluding carboxylic acids is 1. The van der Waals surface area contributed by atoms with Crippen molar-refractivity contribution in [2.75, 3.05) is 21.3 Å². The summed E-state index contributed by atoms with van der Waals surface area (Å²) in [5, 5.41) is 18.2. The maximum atomic E-state index is 11.4. The number of carbonyl (C=O) groups is 1. The Labute approximate surface area is 142 Å². The Kier molecular flexibility index (Phi) is 5.69. The van der Waals surface area contributed by atoms with Crippen molar-refractivity contribution < 1.29 is 24.1 Å². The molecule has 0 amide bonds. The lowest BCUT2D eigenvalue weighted by Crippen LogP contribution is -2.23. The normalized spacial score (nSPS) is 11.2. The zero-order chi connectivity index (χ0) is 17.7.